The van der Waals surface area contributed by atoms with Gasteiger partial charge in [-0.15, -0.1) is 0 Å². The van der Waals surface area contributed by atoms with E-state index < -0.39 is 0 Å². The third-order valence-corrected chi connectivity index (χ3v) is 4.01. The maximum absolute atomic E-state index is 3.61. The Bertz CT molecular complexity index is 457. The quantitative estimate of drug-likeness (QED) is 0.850. The topological polar surface area (TPSA) is 15.3 Å². The molecule has 1 atom stereocenters. The second-order valence-electron chi connectivity index (χ2n) is 7.09. The van der Waals surface area contributed by atoms with Gasteiger partial charge in [0, 0.05) is 19.1 Å². The molecule has 1 aromatic rings. The van der Waals surface area contributed by atoms with E-state index in [9.17, 15) is 0 Å². The molecule has 2 heteroatoms. The third-order valence-electron chi connectivity index (χ3n) is 4.01. The summed E-state index contributed by atoms with van der Waals surface area (Å²) in [6.07, 6.45) is 1.19. The molecule has 0 radical (unpaired) electrons. The zero-order chi connectivity index (χ0) is 14.2. The molecular weight excluding hydrogens is 232 g/mol. The lowest BCUT2D eigenvalue weighted by molar-refractivity contribution is 0.387. The summed E-state index contributed by atoms with van der Waals surface area (Å²) in [5.41, 5.74) is 5.77. The van der Waals surface area contributed by atoms with E-state index in [1.807, 2.05) is 0 Å². The largest absolute Gasteiger partial charge is 0.381 e. The molecule has 1 aromatic carbocycles. The first-order valence-electron chi connectivity index (χ1n) is 7.43. The monoisotopic (exact) mass is 260 g/mol. The van der Waals surface area contributed by atoms with E-state index in [4.69, 9.17) is 0 Å². The number of anilines is 2. The van der Waals surface area contributed by atoms with Crippen LogP contribution >= 0.6 is 0 Å². The molecule has 0 amide bonds. The normalized spacial score (nSPS) is 19.1. The van der Waals surface area contributed by atoms with E-state index in [0.29, 0.717) is 11.5 Å². The highest BCUT2D eigenvalue weighted by Crippen LogP contribution is 2.36. The maximum atomic E-state index is 3.61. The Labute approximate surface area is 118 Å². The Balaban J connectivity index is 2.42. The van der Waals surface area contributed by atoms with Crippen molar-refractivity contribution in [3.8, 4) is 0 Å². The Morgan fingerprint density at radius 1 is 1.21 bits per heavy atom. The van der Waals surface area contributed by atoms with Crippen LogP contribution in [-0.2, 0) is 0 Å². The molecule has 0 fully saturated rings. The number of nitrogens with zero attached hydrogens (tertiary/aromatic N) is 1. The van der Waals surface area contributed by atoms with Crippen molar-refractivity contribution in [2.75, 3.05) is 23.3 Å². The molecular formula is C17H28N2. The molecule has 0 saturated carbocycles. The van der Waals surface area contributed by atoms with E-state index >= 15 is 0 Å². The van der Waals surface area contributed by atoms with Crippen LogP contribution in [0.3, 0.4) is 0 Å². The third kappa shape index (κ3) is 3.05. The summed E-state index contributed by atoms with van der Waals surface area (Å²) in [6.45, 7) is 15.8. The Morgan fingerprint density at radius 3 is 2.42 bits per heavy atom. The molecule has 0 bridgehead atoms. The lowest BCUT2D eigenvalue weighted by atomic mass is 9.93. The molecule has 0 aromatic heterocycles. The van der Waals surface area contributed by atoms with Gasteiger partial charge in [0.2, 0.25) is 0 Å². The van der Waals surface area contributed by atoms with Crippen molar-refractivity contribution in [1.29, 1.82) is 0 Å². The molecule has 1 unspecified atom stereocenters. The van der Waals surface area contributed by atoms with Crippen LogP contribution in [0.5, 0.6) is 0 Å². The molecule has 0 saturated heterocycles. The van der Waals surface area contributed by atoms with E-state index in [1.165, 1.54) is 28.9 Å². The predicted molar refractivity (Wildman–Crippen MR) is 85.3 cm³/mol. The van der Waals surface area contributed by atoms with Gasteiger partial charge in [0.1, 0.15) is 0 Å². The number of hydrogen-bond donors (Lipinski definition) is 1. The predicted octanol–water partition coefficient (Wildman–Crippen LogP) is 4.36. The van der Waals surface area contributed by atoms with Gasteiger partial charge in [-0.25, -0.2) is 0 Å². The Morgan fingerprint density at radius 2 is 1.84 bits per heavy atom. The number of rotatable bonds is 2. The molecule has 1 aliphatic rings. The molecule has 1 N–H and O–H groups in total. The lowest BCUT2D eigenvalue weighted by Gasteiger charge is -2.42. The van der Waals surface area contributed by atoms with Crippen LogP contribution in [0.2, 0.25) is 0 Å². The summed E-state index contributed by atoms with van der Waals surface area (Å²) in [5, 5.41) is 3.61. The van der Waals surface area contributed by atoms with Crippen molar-refractivity contribution < 1.29 is 0 Å². The Hall–Kier alpha value is -1.18. The molecule has 1 aliphatic heterocycles. The molecule has 0 spiro atoms. The summed E-state index contributed by atoms with van der Waals surface area (Å²) in [4.78, 5) is 2.61. The number of hydrogen-bond acceptors (Lipinski definition) is 2. The van der Waals surface area contributed by atoms with Gasteiger partial charge in [-0.2, -0.15) is 0 Å². The average molecular weight is 260 g/mol. The summed E-state index contributed by atoms with van der Waals surface area (Å²) < 4.78 is 0. The van der Waals surface area contributed by atoms with Crippen molar-refractivity contribution in [3.63, 3.8) is 0 Å². The van der Waals surface area contributed by atoms with Crippen LogP contribution in [0, 0.1) is 19.3 Å². The van der Waals surface area contributed by atoms with Gasteiger partial charge in [-0.3, -0.25) is 0 Å². The molecule has 2 nitrogen and oxygen atoms in total. The average Bonchev–Trinajstić information content (AvgIpc) is 2.30. The first kappa shape index (κ1) is 14.2. The van der Waals surface area contributed by atoms with E-state index in [2.05, 4.69) is 63.9 Å². The molecule has 1 heterocycles. The zero-order valence-corrected chi connectivity index (χ0v) is 13.3. The summed E-state index contributed by atoms with van der Waals surface area (Å²) >= 11 is 0. The van der Waals surface area contributed by atoms with Crippen LogP contribution in [0.4, 0.5) is 11.4 Å². The van der Waals surface area contributed by atoms with Crippen LogP contribution in [0.15, 0.2) is 12.1 Å². The zero-order valence-electron chi connectivity index (χ0n) is 13.3. The minimum atomic E-state index is 0.320. The van der Waals surface area contributed by atoms with Crippen molar-refractivity contribution in [2.45, 2.75) is 54.0 Å². The highest BCUT2D eigenvalue weighted by atomic mass is 15.2. The SMILES string of the molecule is CCC1CNc2cc(C)c(C)cc2N1CC(C)(C)C. The van der Waals surface area contributed by atoms with Gasteiger partial charge in [-0.1, -0.05) is 27.7 Å². The maximum Gasteiger partial charge on any atom is 0.0608 e. The van der Waals surface area contributed by atoms with Crippen LogP contribution in [-0.4, -0.2) is 19.1 Å². The summed E-state index contributed by atoms with van der Waals surface area (Å²) in [6, 6.07) is 5.26. The van der Waals surface area contributed by atoms with Crippen molar-refractivity contribution in [3.05, 3.63) is 23.3 Å². The van der Waals surface area contributed by atoms with Crippen molar-refractivity contribution in [2.24, 2.45) is 5.41 Å². The van der Waals surface area contributed by atoms with Gasteiger partial charge in [0.05, 0.1) is 11.4 Å². The van der Waals surface area contributed by atoms with Gasteiger partial charge < -0.3 is 10.2 Å². The lowest BCUT2D eigenvalue weighted by Crippen LogP contribution is -2.47. The second kappa shape index (κ2) is 5.07. The number of nitrogens with one attached hydrogen (secondary N) is 1. The van der Waals surface area contributed by atoms with Crippen LogP contribution in [0.25, 0.3) is 0 Å². The fourth-order valence-corrected chi connectivity index (χ4v) is 2.80. The van der Waals surface area contributed by atoms with Gasteiger partial charge >= 0.3 is 0 Å². The summed E-state index contributed by atoms with van der Waals surface area (Å²) in [5.74, 6) is 0. The van der Waals surface area contributed by atoms with Crippen molar-refractivity contribution >= 4 is 11.4 Å². The highest BCUT2D eigenvalue weighted by Gasteiger charge is 2.28. The fourth-order valence-electron chi connectivity index (χ4n) is 2.80. The number of aryl methyl sites for hydroxylation is 2. The number of benzene rings is 1. The highest BCUT2D eigenvalue weighted by molar-refractivity contribution is 5.75. The fraction of sp³-hybridized carbons (Fsp3) is 0.647. The first-order chi connectivity index (χ1) is 8.81. The molecule has 19 heavy (non-hydrogen) atoms. The van der Waals surface area contributed by atoms with Crippen LogP contribution < -0.4 is 10.2 Å². The second-order valence-corrected chi connectivity index (χ2v) is 7.09. The van der Waals surface area contributed by atoms with E-state index in [1.54, 1.807) is 0 Å². The smallest absolute Gasteiger partial charge is 0.0608 e. The minimum Gasteiger partial charge on any atom is -0.381 e. The van der Waals surface area contributed by atoms with Gasteiger partial charge in [0.25, 0.3) is 0 Å². The minimum absolute atomic E-state index is 0.320. The summed E-state index contributed by atoms with van der Waals surface area (Å²) in [7, 11) is 0. The van der Waals surface area contributed by atoms with Gasteiger partial charge in [0.15, 0.2) is 0 Å². The molecule has 106 valence electrons. The molecule has 0 aliphatic carbocycles. The van der Waals surface area contributed by atoms with E-state index in [0.717, 1.165) is 13.1 Å². The first-order valence-corrected chi connectivity index (χ1v) is 7.43. The number of fused-ring (bicyclic) bond motifs is 1. The molecule has 2 rings (SSSR count). The van der Waals surface area contributed by atoms with Crippen molar-refractivity contribution in [1.82, 2.24) is 0 Å². The van der Waals surface area contributed by atoms with Crippen LogP contribution in [0.1, 0.15) is 45.2 Å². The Kier molecular flexibility index (Phi) is 3.80. The van der Waals surface area contributed by atoms with Gasteiger partial charge in [-0.05, 0) is 48.9 Å². The standard InChI is InChI=1S/C17H28N2/c1-7-14-10-18-15-8-12(2)13(3)9-16(15)19(14)11-17(4,5)6/h8-9,14,18H,7,10-11H2,1-6H3. The van der Waals surface area contributed by atoms with E-state index in [-0.39, 0.29) is 0 Å².